The van der Waals surface area contributed by atoms with Crippen LogP contribution in [-0.4, -0.2) is 29.5 Å². The summed E-state index contributed by atoms with van der Waals surface area (Å²) in [7, 11) is 0. The Bertz CT molecular complexity index is 742. The Hall–Kier alpha value is -2.63. The Kier molecular flexibility index (Phi) is 7.85. The fourth-order valence-corrected chi connectivity index (χ4v) is 2.38. The molecule has 3 amide bonds. The molecule has 0 aliphatic rings. The van der Waals surface area contributed by atoms with Gasteiger partial charge in [-0.25, -0.2) is 4.79 Å². The molecule has 25 heavy (non-hydrogen) atoms. The maximum absolute atomic E-state index is 12.7. The number of nitrogens with one attached hydrogen (secondary N) is 3. The van der Waals surface area contributed by atoms with Gasteiger partial charge in [0.2, 0.25) is 0 Å². The smallest absolute Gasteiger partial charge is 0.319 e. The average molecular weight is 344 g/mol. The van der Waals surface area contributed by atoms with Crippen LogP contribution in [0.3, 0.4) is 0 Å². The van der Waals surface area contributed by atoms with Gasteiger partial charge in [0.1, 0.15) is 0 Å². The van der Waals surface area contributed by atoms with Crippen molar-refractivity contribution < 1.29 is 9.59 Å². The van der Waals surface area contributed by atoms with Crippen molar-refractivity contribution in [3.05, 3.63) is 35.5 Å². The monoisotopic (exact) mass is 344 g/mol. The van der Waals surface area contributed by atoms with Crippen LogP contribution in [0.1, 0.15) is 50.7 Å². The van der Waals surface area contributed by atoms with E-state index in [0.717, 1.165) is 5.52 Å². The number of para-hydroxylation sites is 1. The molecule has 0 radical (unpaired) electrons. The van der Waals surface area contributed by atoms with Gasteiger partial charge in [0, 0.05) is 18.0 Å². The molecular formula is C19H28N4O2. The molecule has 0 atom stereocenters. The molecule has 0 aliphatic heterocycles. The van der Waals surface area contributed by atoms with E-state index in [-0.39, 0.29) is 18.0 Å². The Labute approximate surface area is 149 Å². The maximum Gasteiger partial charge on any atom is 0.319 e. The number of rotatable bonds is 4. The van der Waals surface area contributed by atoms with Crippen LogP contribution in [0.4, 0.5) is 10.5 Å². The van der Waals surface area contributed by atoms with Crippen molar-refractivity contribution in [3.63, 3.8) is 0 Å². The number of amides is 3. The highest BCUT2D eigenvalue weighted by atomic mass is 16.2. The molecule has 2 rings (SSSR count). The van der Waals surface area contributed by atoms with Gasteiger partial charge in [0.25, 0.3) is 5.91 Å². The van der Waals surface area contributed by atoms with Gasteiger partial charge in [-0.3, -0.25) is 9.78 Å². The molecule has 2 aromatic rings. The number of nitrogens with zero attached hydrogens (tertiary/aromatic N) is 1. The van der Waals surface area contributed by atoms with E-state index in [1.165, 1.54) is 0 Å². The number of hydrogen-bond donors (Lipinski definition) is 3. The number of urea groups is 1. The quantitative estimate of drug-likeness (QED) is 0.788. The van der Waals surface area contributed by atoms with Crippen LogP contribution in [0, 0.1) is 6.92 Å². The normalized spacial score (nSPS) is 10.0. The first-order chi connectivity index (χ1) is 11.9. The Balaban J connectivity index is 0.00000151. The Morgan fingerprint density at radius 1 is 1.16 bits per heavy atom. The molecule has 0 bridgehead atoms. The maximum atomic E-state index is 12.7. The highest BCUT2D eigenvalue weighted by molar-refractivity contribution is 6.13. The molecule has 0 unspecified atom stereocenters. The third-order valence-electron chi connectivity index (χ3n) is 3.30. The van der Waals surface area contributed by atoms with Crippen LogP contribution < -0.4 is 16.0 Å². The van der Waals surface area contributed by atoms with E-state index in [0.29, 0.717) is 28.9 Å². The van der Waals surface area contributed by atoms with E-state index < -0.39 is 0 Å². The first-order valence-corrected chi connectivity index (χ1v) is 8.69. The lowest BCUT2D eigenvalue weighted by molar-refractivity contribution is 0.0945. The molecule has 6 nitrogen and oxygen atoms in total. The summed E-state index contributed by atoms with van der Waals surface area (Å²) in [5, 5.41) is 9.02. The Morgan fingerprint density at radius 3 is 2.40 bits per heavy atom. The standard InChI is InChI=1S/C17H22N4O2.C2H6/c1-5-18-17(23)21-15-11(4)20-13-9-7-6-8-12(13)14(15)16(22)19-10(2)3;1-2/h6-10H,5H2,1-4H3,(H,19,22)(H2,18,21,23);1-2H3. The van der Waals surface area contributed by atoms with Gasteiger partial charge >= 0.3 is 6.03 Å². The predicted molar refractivity (Wildman–Crippen MR) is 103 cm³/mol. The summed E-state index contributed by atoms with van der Waals surface area (Å²) in [6.07, 6.45) is 0. The van der Waals surface area contributed by atoms with Gasteiger partial charge in [-0.15, -0.1) is 0 Å². The van der Waals surface area contributed by atoms with E-state index in [1.54, 1.807) is 6.92 Å². The van der Waals surface area contributed by atoms with Crippen molar-refractivity contribution in [2.75, 3.05) is 11.9 Å². The average Bonchev–Trinajstić information content (AvgIpc) is 2.56. The molecule has 0 fully saturated rings. The summed E-state index contributed by atoms with van der Waals surface area (Å²) >= 11 is 0. The number of benzene rings is 1. The van der Waals surface area contributed by atoms with Crippen LogP contribution >= 0.6 is 0 Å². The number of aromatic nitrogens is 1. The zero-order valence-corrected chi connectivity index (χ0v) is 15.9. The third-order valence-corrected chi connectivity index (χ3v) is 3.30. The molecule has 1 aromatic carbocycles. The zero-order valence-electron chi connectivity index (χ0n) is 15.9. The third kappa shape index (κ3) is 5.17. The van der Waals surface area contributed by atoms with Crippen LogP contribution in [0.25, 0.3) is 10.9 Å². The number of fused-ring (bicyclic) bond motifs is 1. The first-order valence-electron chi connectivity index (χ1n) is 8.69. The van der Waals surface area contributed by atoms with Crippen LogP contribution in [0.2, 0.25) is 0 Å². The summed E-state index contributed by atoms with van der Waals surface area (Å²) in [6.45, 7) is 11.9. The van der Waals surface area contributed by atoms with Crippen molar-refractivity contribution in [1.82, 2.24) is 15.6 Å². The highest BCUT2D eigenvalue weighted by Crippen LogP contribution is 2.27. The molecule has 0 saturated heterocycles. The van der Waals surface area contributed by atoms with Crippen LogP contribution in [0.15, 0.2) is 24.3 Å². The van der Waals surface area contributed by atoms with Gasteiger partial charge in [-0.1, -0.05) is 32.0 Å². The van der Waals surface area contributed by atoms with Crippen molar-refractivity contribution in [2.24, 2.45) is 0 Å². The molecule has 6 heteroatoms. The number of aryl methyl sites for hydroxylation is 1. The topological polar surface area (TPSA) is 83.1 Å². The summed E-state index contributed by atoms with van der Waals surface area (Å²) in [4.78, 5) is 29.1. The van der Waals surface area contributed by atoms with Gasteiger partial charge in [-0.2, -0.15) is 0 Å². The van der Waals surface area contributed by atoms with Gasteiger partial charge < -0.3 is 16.0 Å². The fraction of sp³-hybridized carbons (Fsp3) is 0.421. The van der Waals surface area contributed by atoms with Crippen LogP contribution in [0.5, 0.6) is 0 Å². The SMILES string of the molecule is CC.CCNC(=O)Nc1c(C)nc2ccccc2c1C(=O)NC(C)C. The number of pyridine rings is 1. The minimum Gasteiger partial charge on any atom is -0.350 e. The predicted octanol–water partition coefficient (Wildman–Crippen LogP) is 3.85. The van der Waals surface area contributed by atoms with E-state index in [1.807, 2.05) is 58.9 Å². The lowest BCUT2D eigenvalue weighted by Crippen LogP contribution is -2.33. The van der Waals surface area contributed by atoms with E-state index in [4.69, 9.17) is 0 Å². The number of anilines is 1. The second kappa shape index (κ2) is 9.61. The number of carbonyl (C=O) groups excluding carboxylic acids is 2. The van der Waals surface area contributed by atoms with E-state index in [9.17, 15) is 9.59 Å². The molecule has 0 spiro atoms. The molecule has 1 heterocycles. The Morgan fingerprint density at radius 2 is 1.80 bits per heavy atom. The highest BCUT2D eigenvalue weighted by Gasteiger charge is 2.20. The lowest BCUT2D eigenvalue weighted by atomic mass is 10.0. The lowest BCUT2D eigenvalue weighted by Gasteiger charge is -2.17. The zero-order chi connectivity index (χ0) is 19.0. The van der Waals surface area contributed by atoms with Gasteiger partial charge in [-0.05, 0) is 33.8 Å². The first kappa shape index (κ1) is 20.4. The van der Waals surface area contributed by atoms with Gasteiger partial charge in [0.15, 0.2) is 0 Å². The summed E-state index contributed by atoms with van der Waals surface area (Å²) < 4.78 is 0. The largest absolute Gasteiger partial charge is 0.350 e. The number of hydrogen-bond acceptors (Lipinski definition) is 3. The van der Waals surface area contributed by atoms with Crippen molar-refractivity contribution in [1.29, 1.82) is 0 Å². The van der Waals surface area contributed by atoms with Crippen molar-refractivity contribution in [2.45, 2.75) is 47.6 Å². The minimum atomic E-state index is -0.355. The second-order valence-electron chi connectivity index (χ2n) is 5.58. The molecule has 0 aliphatic carbocycles. The number of carbonyl (C=O) groups is 2. The molecule has 1 aromatic heterocycles. The summed E-state index contributed by atoms with van der Waals surface area (Å²) in [5.74, 6) is -0.228. The van der Waals surface area contributed by atoms with Crippen molar-refractivity contribution in [3.8, 4) is 0 Å². The molecule has 3 N–H and O–H groups in total. The second-order valence-corrected chi connectivity index (χ2v) is 5.58. The molecule has 136 valence electrons. The molecule has 0 saturated carbocycles. The van der Waals surface area contributed by atoms with Crippen molar-refractivity contribution >= 4 is 28.5 Å². The summed E-state index contributed by atoms with van der Waals surface area (Å²) in [5.41, 5.74) is 2.20. The minimum absolute atomic E-state index is 0.00736. The van der Waals surface area contributed by atoms with Gasteiger partial charge in [0.05, 0.1) is 22.5 Å². The van der Waals surface area contributed by atoms with E-state index >= 15 is 0 Å². The van der Waals surface area contributed by atoms with Crippen LogP contribution in [-0.2, 0) is 0 Å². The molecular weight excluding hydrogens is 316 g/mol. The fourth-order valence-electron chi connectivity index (χ4n) is 2.38. The van der Waals surface area contributed by atoms with E-state index in [2.05, 4.69) is 20.9 Å². The summed E-state index contributed by atoms with van der Waals surface area (Å²) in [6, 6.07) is 7.04.